The lowest BCUT2D eigenvalue weighted by atomic mass is 10.1. The topological polar surface area (TPSA) is 38.3 Å². The van der Waals surface area contributed by atoms with E-state index in [0.717, 1.165) is 33.7 Å². The van der Waals surface area contributed by atoms with Crippen molar-refractivity contribution < 1.29 is 9.53 Å². The average molecular weight is 311 g/mol. The van der Waals surface area contributed by atoms with Crippen LogP contribution in [0.25, 0.3) is 0 Å². The molecule has 0 saturated heterocycles. The van der Waals surface area contributed by atoms with Crippen LogP contribution in [0.3, 0.4) is 0 Å². The Bertz CT molecular complexity index is 714. The van der Waals surface area contributed by atoms with Crippen LogP contribution in [0.2, 0.25) is 0 Å². The van der Waals surface area contributed by atoms with Gasteiger partial charge in [-0.1, -0.05) is 24.3 Å². The van der Waals surface area contributed by atoms with E-state index in [1.807, 2.05) is 52.0 Å². The maximum absolute atomic E-state index is 12.5. The molecular formula is C20H25NO2. The highest BCUT2D eigenvalue weighted by Crippen LogP contribution is 2.25. The molecule has 0 aliphatic carbocycles. The molecule has 0 aliphatic heterocycles. The Kier molecular flexibility index (Phi) is 5.09. The summed E-state index contributed by atoms with van der Waals surface area (Å²) < 4.78 is 5.91. The summed E-state index contributed by atoms with van der Waals surface area (Å²) in [5.41, 5.74) is 6.33. The monoisotopic (exact) mass is 311 g/mol. The number of aryl methyl sites for hydroxylation is 4. The van der Waals surface area contributed by atoms with Gasteiger partial charge in [0.15, 0.2) is 6.10 Å². The van der Waals surface area contributed by atoms with Crippen molar-refractivity contribution in [3.63, 3.8) is 0 Å². The third-order valence-electron chi connectivity index (χ3n) is 4.17. The number of ether oxygens (including phenoxy) is 1. The van der Waals surface area contributed by atoms with Crippen molar-refractivity contribution >= 4 is 11.6 Å². The van der Waals surface area contributed by atoms with Gasteiger partial charge in [0.1, 0.15) is 5.75 Å². The van der Waals surface area contributed by atoms with Crippen molar-refractivity contribution in [3.05, 3.63) is 58.1 Å². The van der Waals surface area contributed by atoms with E-state index in [-0.39, 0.29) is 5.91 Å². The zero-order valence-electron chi connectivity index (χ0n) is 14.8. The fourth-order valence-corrected chi connectivity index (χ4v) is 2.60. The van der Waals surface area contributed by atoms with Gasteiger partial charge in [0.05, 0.1) is 0 Å². The van der Waals surface area contributed by atoms with Gasteiger partial charge in [-0.2, -0.15) is 0 Å². The van der Waals surface area contributed by atoms with E-state index in [1.54, 1.807) is 6.92 Å². The number of nitrogens with one attached hydrogen (secondary N) is 1. The van der Waals surface area contributed by atoms with Crippen LogP contribution in [-0.2, 0) is 4.79 Å². The summed E-state index contributed by atoms with van der Waals surface area (Å²) in [6.45, 7) is 11.8. The Balaban J connectivity index is 2.15. The van der Waals surface area contributed by atoms with Gasteiger partial charge in [-0.25, -0.2) is 0 Å². The molecule has 3 heteroatoms. The largest absolute Gasteiger partial charge is 0.481 e. The lowest BCUT2D eigenvalue weighted by Crippen LogP contribution is -2.31. The summed E-state index contributed by atoms with van der Waals surface area (Å²) in [4.78, 5) is 12.5. The number of hydrogen-bond donors (Lipinski definition) is 1. The number of anilines is 1. The lowest BCUT2D eigenvalue weighted by Gasteiger charge is -2.19. The van der Waals surface area contributed by atoms with E-state index in [1.165, 1.54) is 5.56 Å². The minimum absolute atomic E-state index is 0.138. The maximum atomic E-state index is 12.5. The van der Waals surface area contributed by atoms with Gasteiger partial charge in [-0.05, 0) is 75.4 Å². The zero-order valence-corrected chi connectivity index (χ0v) is 14.8. The van der Waals surface area contributed by atoms with Gasteiger partial charge in [-0.15, -0.1) is 0 Å². The summed E-state index contributed by atoms with van der Waals surface area (Å²) >= 11 is 0. The number of hydrogen-bond acceptors (Lipinski definition) is 2. The number of para-hydroxylation sites is 1. The molecule has 3 nitrogen and oxygen atoms in total. The molecule has 2 aromatic rings. The van der Waals surface area contributed by atoms with Crippen molar-refractivity contribution in [3.8, 4) is 5.75 Å². The average Bonchev–Trinajstić information content (AvgIpc) is 2.47. The minimum Gasteiger partial charge on any atom is -0.481 e. The second-order valence-corrected chi connectivity index (χ2v) is 6.22. The number of carbonyl (C=O) groups excluding carboxylic acids is 1. The van der Waals surface area contributed by atoms with Gasteiger partial charge in [-0.3, -0.25) is 4.79 Å². The number of benzene rings is 2. The molecule has 0 bridgehead atoms. The molecule has 1 amide bonds. The van der Waals surface area contributed by atoms with Gasteiger partial charge in [0, 0.05) is 5.69 Å². The molecule has 0 spiro atoms. The summed E-state index contributed by atoms with van der Waals surface area (Å²) in [5.74, 6) is 0.632. The molecule has 23 heavy (non-hydrogen) atoms. The van der Waals surface area contributed by atoms with Gasteiger partial charge in [0.2, 0.25) is 0 Å². The van der Waals surface area contributed by atoms with Crippen LogP contribution in [0.5, 0.6) is 5.75 Å². The molecule has 122 valence electrons. The van der Waals surface area contributed by atoms with Crippen molar-refractivity contribution in [1.29, 1.82) is 0 Å². The summed E-state index contributed by atoms with van der Waals surface area (Å²) in [5, 5.41) is 2.98. The minimum atomic E-state index is -0.561. The number of rotatable bonds is 4. The standard InChI is InChI=1S/C20H25NO2/c1-12-10-15(4)16(5)18(11-12)23-17(6)20(22)21-19-13(2)8-7-9-14(19)3/h7-11,17H,1-6H3,(H,21,22)/t17-/m1/s1. The molecule has 2 rings (SSSR count). The van der Waals surface area contributed by atoms with E-state index >= 15 is 0 Å². The van der Waals surface area contributed by atoms with Crippen LogP contribution in [0.1, 0.15) is 34.7 Å². The van der Waals surface area contributed by atoms with Gasteiger partial charge >= 0.3 is 0 Å². The smallest absolute Gasteiger partial charge is 0.265 e. The van der Waals surface area contributed by atoms with E-state index < -0.39 is 6.10 Å². The SMILES string of the molecule is Cc1cc(C)c(C)c(O[C@H](C)C(=O)Nc2c(C)cccc2C)c1. The molecule has 0 aliphatic rings. The van der Waals surface area contributed by atoms with Crippen LogP contribution in [0, 0.1) is 34.6 Å². The van der Waals surface area contributed by atoms with Crippen LogP contribution in [0.15, 0.2) is 30.3 Å². The van der Waals surface area contributed by atoms with Crippen molar-refractivity contribution in [2.45, 2.75) is 47.6 Å². The lowest BCUT2D eigenvalue weighted by molar-refractivity contribution is -0.122. The Labute approximate surface area is 138 Å². The third-order valence-corrected chi connectivity index (χ3v) is 4.17. The molecule has 0 unspecified atom stereocenters. The zero-order chi connectivity index (χ0) is 17.1. The Morgan fingerprint density at radius 3 is 2.22 bits per heavy atom. The van der Waals surface area contributed by atoms with E-state index in [0.29, 0.717) is 0 Å². The van der Waals surface area contributed by atoms with Crippen LogP contribution >= 0.6 is 0 Å². The fourth-order valence-electron chi connectivity index (χ4n) is 2.60. The summed E-state index contributed by atoms with van der Waals surface area (Å²) in [6, 6.07) is 10.1. The molecule has 0 fully saturated rings. The van der Waals surface area contributed by atoms with Crippen molar-refractivity contribution in [2.75, 3.05) is 5.32 Å². The Morgan fingerprint density at radius 1 is 1.00 bits per heavy atom. The predicted octanol–water partition coefficient (Wildman–Crippen LogP) is 4.63. The van der Waals surface area contributed by atoms with Crippen LogP contribution in [-0.4, -0.2) is 12.0 Å². The first-order valence-corrected chi connectivity index (χ1v) is 7.91. The van der Waals surface area contributed by atoms with Gasteiger partial charge in [0.25, 0.3) is 5.91 Å². The van der Waals surface area contributed by atoms with E-state index in [9.17, 15) is 4.79 Å². The number of amides is 1. The van der Waals surface area contributed by atoms with Crippen LogP contribution in [0.4, 0.5) is 5.69 Å². The first-order valence-electron chi connectivity index (χ1n) is 7.91. The van der Waals surface area contributed by atoms with Crippen molar-refractivity contribution in [2.24, 2.45) is 0 Å². The second kappa shape index (κ2) is 6.86. The summed E-state index contributed by atoms with van der Waals surface area (Å²) in [6.07, 6.45) is -0.561. The fraction of sp³-hybridized carbons (Fsp3) is 0.350. The number of carbonyl (C=O) groups is 1. The molecule has 0 saturated carbocycles. The first-order chi connectivity index (χ1) is 10.8. The molecule has 1 atom stereocenters. The highest BCUT2D eigenvalue weighted by Gasteiger charge is 2.18. The molecule has 0 radical (unpaired) electrons. The Hall–Kier alpha value is -2.29. The van der Waals surface area contributed by atoms with Gasteiger partial charge < -0.3 is 10.1 Å². The Morgan fingerprint density at radius 2 is 1.61 bits per heavy atom. The first kappa shape index (κ1) is 17.1. The summed E-state index contributed by atoms with van der Waals surface area (Å²) in [7, 11) is 0. The highest BCUT2D eigenvalue weighted by molar-refractivity contribution is 5.95. The molecule has 0 heterocycles. The maximum Gasteiger partial charge on any atom is 0.265 e. The van der Waals surface area contributed by atoms with Crippen LogP contribution < -0.4 is 10.1 Å². The third kappa shape index (κ3) is 3.92. The molecular weight excluding hydrogens is 286 g/mol. The van der Waals surface area contributed by atoms with Crippen molar-refractivity contribution in [1.82, 2.24) is 0 Å². The predicted molar refractivity (Wildman–Crippen MR) is 95.3 cm³/mol. The molecule has 2 aromatic carbocycles. The highest BCUT2D eigenvalue weighted by atomic mass is 16.5. The van der Waals surface area contributed by atoms with E-state index in [2.05, 4.69) is 18.3 Å². The van der Waals surface area contributed by atoms with E-state index in [4.69, 9.17) is 4.74 Å². The molecule has 1 N–H and O–H groups in total. The quantitative estimate of drug-likeness (QED) is 0.893. The molecule has 0 aromatic heterocycles. The second-order valence-electron chi connectivity index (χ2n) is 6.22. The normalized spacial score (nSPS) is 11.9.